The van der Waals surface area contributed by atoms with Crippen LogP contribution in [0.4, 0.5) is 11.5 Å². The maximum absolute atomic E-state index is 5.98. The van der Waals surface area contributed by atoms with Crippen molar-refractivity contribution in [2.75, 3.05) is 5.32 Å². The number of nitrogens with one attached hydrogen (secondary N) is 1. The molecular formula is C21H15Br2N3O. The third kappa shape index (κ3) is 4.12. The summed E-state index contributed by atoms with van der Waals surface area (Å²) in [6.07, 6.45) is 1.56. The summed E-state index contributed by atoms with van der Waals surface area (Å²) >= 11 is 7.21. The Morgan fingerprint density at radius 3 is 2.33 bits per heavy atom. The van der Waals surface area contributed by atoms with Gasteiger partial charge >= 0.3 is 0 Å². The minimum Gasteiger partial charge on any atom is -0.487 e. The van der Waals surface area contributed by atoms with Gasteiger partial charge in [-0.25, -0.2) is 9.97 Å². The first-order valence-electron chi connectivity index (χ1n) is 8.33. The lowest BCUT2D eigenvalue weighted by Gasteiger charge is -2.14. The van der Waals surface area contributed by atoms with Gasteiger partial charge in [0.25, 0.3) is 0 Å². The molecule has 0 radical (unpaired) electrons. The Morgan fingerprint density at radius 1 is 0.852 bits per heavy atom. The van der Waals surface area contributed by atoms with E-state index in [0.717, 1.165) is 42.7 Å². The highest BCUT2D eigenvalue weighted by atomic mass is 79.9. The number of hydrogen-bond donors (Lipinski definition) is 1. The molecule has 0 saturated carbocycles. The molecule has 134 valence electrons. The van der Waals surface area contributed by atoms with E-state index in [1.807, 2.05) is 66.7 Å². The molecule has 27 heavy (non-hydrogen) atoms. The summed E-state index contributed by atoms with van der Waals surface area (Å²) in [4.78, 5) is 8.67. The molecule has 3 aromatic carbocycles. The minimum atomic E-state index is 0.501. The van der Waals surface area contributed by atoms with Crippen molar-refractivity contribution >= 4 is 54.3 Å². The molecule has 0 aliphatic carbocycles. The van der Waals surface area contributed by atoms with Crippen LogP contribution >= 0.6 is 31.9 Å². The summed E-state index contributed by atoms with van der Waals surface area (Å²) in [5.74, 6) is 1.52. The summed E-state index contributed by atoms with van der Waals surface area (Å²) < 4.78 is 7.69. The van der Waals surface area contributed by atoms with Crippen molar-refractivity contribution in [3.05, 3.63) is 87.6 Å². The number of nitrogens with zero attached hydrogens (tertiary/aromatic N) is 2. The Bertz CT molecular complexity index is 1060. The normalized spacial score (nSPS) is 10.7. The lowest BCUT2D eigenvalue weighted by molar-refractivity contribution is 0.302. The molecule has 0 spiro atoms. The molecule has 0 aliphatic rings. The summed E-state index contributed by atoms with van der Waals surface area (Å²) in [7, 11) is 0. The molecule has 0 unspecified atom stereocenters. The fraction of sp³-hybridized carbons (Fsp3) is 0.0476. The molecular weight excluding hydrogens is 470 g/mol. The van der Waals surface area contributed by atoms with Crippen molar-refractivity contribution in [2.24, 2.45) is 0 Å². The van der Waals surface area contributed by atoms with E-state index in [4.69, 9.17) is 4.74 Å². The van der Waals surface area contributed by atoms with Crippen molar-refractivity contribution in [1.82, 2.24) is 9.97 Å². The summed E-state index contributed by atoms with van der Waals surface area (Å²) in [6, 6.07) is 21.9. The third-order valence-corrected chi connectivity index (χ3v) is 5.21. The van der Waals surface area contributed by atoms with E-state index in [0.29, 0.717) is 6.61 Å². The highest BCUT2D eigenvalue weighted by Gasteiger charge is 2.11. The van der Waals surface area contributed by atoms with Crippen LogP contribution in [0.5, 0.6) is 5.75 Å². The van der Waals surface area contributed by atoms with Crippen LogP contribution < -0.4 is 10.1 Å². The topological polar surface area (TPSA) is 47.0 Å². The standard InChI is InChI=1S/C21H15Br2N3O/c22-17-10-15(26-21-16-8-4-5-9-19(16)24-13-25-21)11-18(23)20(17)27-12-14-6-2-1-3-7-14/h1-11,13H,12H2,(H,24,25,26). The van der Waals surface area contributed by atoms with Crippen LogP contribution in [-0.2, 0) is 6.61 Å². The molecule has 4 rings (SSSR count). The minimum absolute atomic E-state index is 0.501. The molecule has 0 atom stereocenters. The average Bonchev–Trinajstić information content (AvgIpc) is 2.68. The summed E-state index contributed by atoms with van der Waals surface area (Å²) in [6.45, 7) is 0.501. The zero-order chi connectivity index (χ0) is 18.6. The van der Waals surface area contributed by atoms with Gasteiger partial charge in [0, 0.05) is 11.1 Å². The van der Waals surface area contributed by atoms with E-state index in [-0.39, 0.29) is 0 Å². The second-order valence-electron chi connectivity index (χ2n) is 5.91. The molecule has 1 aromatic heterocycles. The Morgan fingerprint density at radius 2 is 1.56 bits per heavy atom. The number of hydrogen-bond acceptors (Lipinski definition) is 4. The number of benzene rings is 3. The molecule has 4 nitrogen and oxygen atoms in total. The summed E-state index contributed by atoms with van der Waals surface area (Å²) in [5.41, 5.74) is 2.91. The molecule has 0 aliphatic heterocycles. The van der Waals surface area contributed by atoms with E-state index in [1.165, 1.54) is 0 Å². The smallest absolute Gasteiger partial charge is 0.148 e. The first-order chi connectivity index (χ1) is 13.2. The Hall–Kier alpha value is -2.44. The zero-order valence-corrected chi connectivity index (χ0v) is 17.4. The monoisotopic (exact) mass is 483 g/mol. The number of aromatic nitrogens is 2. The van der Waals surface area contributed by atoms with Crippen molar-refractivity contribution in [3.8, 4) is 5.75 Å². The van der Waals surface area contributed by atoms with Crippen LogP contribution in [0.2, 0.25) is 0 Å². The number of halogens is 2. The molecule has 1 N–H and O–H groups in total. The molecule has 6 heteroatoms. The van der Waals surface area contributed by atoms with Gasteiger partial charge in [-0.15, -0.1) is 0 Å². The number of ether oxygens (including phenoxy) is 1. The van der Waals surface area contributed by atoms with Crippen molar-refractivity contribution in [3.63, 3.8) is 0 Å². The van der Waals surface area contributed by atoms with Gasteiger partial charge in [0.1, 0.15) is 24.5 Å². The van der Waals surface area contributed by atoms with Crippen LogP contribution in [0.3, 0.4) is 0 Å². The predicted octanol–water partition coefficient (Wildman–Crippen LogP) is 6.48. The van der Waals surface area contributed by atoms with Gasteiger partial charge in [0.05, 0.1) is 14.5 Å². The Labute approximate surface area is 173 Å². The molecule has 1 heterocycles. The van der Waals surface area contributed by atoms with Crippen LogP contribution in [0.1, 0.15) is 5.56 Å². The van der Waals surface area contributed by atoms with Crippen molar-refractivity contribution in [1.29, 1.82) is 0 Å². The first kappa shape index (κ1) is 17.9. The van der Waals surface area contributed by atoms with Crippen LogP contribution in [0, 0.1) is 0 Å². The lowest BCUT2D eigenvalue weighted by atomic mass is 10.2. The second-order valence-corrected chi connectivity index (χ2v) is 7.62. The fourth-order valence-corrected chi connectivity index (χ4v) is 4.16. The van der Waals surface area contributed by atoms with Crippen LogP contribution in [0.15, 0.2) is 82.0 Å². The number of fused-ring (bicyclic) bond motifs is 1. The second kappa shape index (κ2) is 8.06. The van der Waals surface area contributed by atoms with Crippen molar-refractivity contribution < 1.29 is 4.74 Å². The van der Waals surface area contributed by atoms with Gasteiger partial charge in [0.2, 0.25) is 0 Å². The van der Waals surface area contributed by atoms with E-state index in [9.17, 15) is 0 Å². The highest BCUT2D eigenvalue weighted by Crippen LogP contribution is 2.38. The van der Waals surface area contributed by atoms with E-state index >= 15 is 0 Å². The Balaban J connectivity index is 1.58. The van der Waals surface area contributed by atoms with Gasteiger partial charge in [-0.3, -0.25) is 0 Å². The highest BCUT2D eigenvalue weighted by molar-refractivity contribution is 9.11. The van der Waals surface area contributed by atoms with E-state index < -0.39 is 0 Å². The van der Waals surface area contributed by atoms with Gasteiger partial charge in [-0.1, -0.05) is 42.5 Å². The van der Waals surface area contributed by atoms with Gasteiger partial charge < -0.3 is 10.1 Å². The number of anilines is 2. The maximum atomic E-state index is 5.98. The lowest BCUT2D eigenvalue weighted by Crippen LogP contribution is -1.99. The number of para-hydroxylation sites is 1. The van der Waals surface area contributed by atoms with Crippen LogP contribution in [-0.4, -0.2) is 9.97 Å². The SMILES string of the molecule is Brc1cc(Nc2ncnc3ccccc23)cc(Br)c1OCc1ccccc1. The van der Waals surface area contributed by atoms with Crippen LogP contribution in [0.25, 0.3) is 10.9 Å². The van der Waals surface area contributed by atoms with E-state index in [2.05, 4.69) is 47.1 Å². The quantitative estimate of drug-likeness (QED) is 0.352. The largest absolute Gasteiger partial charge is 0.487 e. The molecule has 0 fully saturated rings. The summed E-state index contributed by atoms with van der Waals surface area (Å²) in [5, 5.41) is 4.33. The maximum Gasteiger partial charge on any atom is 0.148 e. The molecule has 0 saturated heterocycles. The van der Waals surface area contributed by atoms with Crippen molar-refractivity contribution in [2.45, 2.75) is 6.61 Å². The zero-order valence-electron chi connectivity index (χ0n) is 14.2. The molecule has 0 amide bonds. The number of rotatable bonds is 5. The fourth-order valence-electron chi connectivity index (χ4n) is 2.74. The van der Waals surface area contributed by atoms with E-state index in [1.54, 1.807) is 6.33 Å². The van der Waals surface area contributed by atoms with Gasteiger partial charge in [0.15, 0.2) is 0 Å². The molecule has 0 bridgehead atoms. The average molecular weight is 485 g/mol. The third-order valence-electron chi connectivity index (χ3n) is 4.03. The first-order valence-corrected chi connectivity index (χ1v) is 9.92. The predicted molar refractivity (Wildman–Crippen MR) is 115 cm³/mol. The van der Waals surface area contributed by atoms with Gasteiger partial charge in [-0.2, -0.15) is 0 Å². The van der Waals surface area contributed by atoms with Gasteiger partial charge in [-0.05, 0) is 61.7 Å². The molecule has 4 aromatic rings. The Kier molecular flexibility index (Phi) is 5.36.